The Kier molecular flexibility index (Phi) is 4.43. The van der Waals surface area contributed by atoms with E-state index in [1.54, 1.807) is 12.1 Å². The van der Waals surface area contributed by atoms with Crippen molar-refractivity contribution < 1.29 is 4.92 Å². The van der Waals surface area contributed by atoms with Crippen LogP contribution in [0.2, 0.25) is 0 Å². The molecule has 2 aromatic rings. The number of para-hydroxylation sites is 2. The highest BCUT2D eigenvalue weighted by Gasteiger charge is 2.23. The third-order valence-electron chi connectivity index (χ3n) is 4.15. The summed E-state index contributed by atoms with van der Waals surface area (Å²) in [6, 6.07) is 14.9. The van der Waals surface area contributed by atoms with Gasteiger partial charge in [-0.3, -0.25) is 15.0 Å². The van der Waals surface area contributed by atoms with Crippen LogP contribution >= 0.6 is 0 Å². The van der Waals surface area contributed by atoms with Crippen LogP contribution in [0.1, 0.15) is 5.56 Å². The highest BCUT2D eigenvalue weighted by molar-refractivity contribution is 5.63. The largest absolute Gasteiger partial charge is 0.399 e. The number of anilines is 2. The molecule has 6 heteroatoms. The van der Waals surface area contributed by atoms with E-state index in [2.05, 4.69) is 15.9 Å². The minimum absolute atomic E-state index is 0.178. The smallest absolute Gasteiger partial charge is 0.292 e. The molecule has 0 atom stereocenters. The molecule has 1 saturated heterocycles. The highest BCUT2D eigenvalue weighted by atomic mass is 16.6. The third-order valence-corrected chi connectivity index (χ3v) is 4.15. The molecule has 0 aromatic heterocycles. The zero-order valence-corrected chi connectivity index (χ0v) is 12.9. The summed E-state index contributed by atoms with van der Waals surface area (Å²) in [6.07, 6.45) is 0. The van der Waals surface area contributed by atoms with Gasteiger partial charge in [0.25, 0.3) is 5.69 Å². The summed E-state index contributed by atoms with van der Waals surface area (Å²) in [5, 5.41) is 11.2. The predicted octanol–water partition coefficient (Wildman–Crippen LogP) is 2.50. The fourth-order valence-corrected chi connectivity index (χ4v) is 2.98. The Labute approximate surface area is 135 Å². The van der Waals surface area contributed by atoms with E-state index in [0.29, 0.717) is 5.69 Å². The van der Waals surface area contributed by atoms with Crippen LogP contribution in [0.3, 0.4) is 0 Å². The van der Waals surface area contributed by atoms with Gasteiger partial charge in [0.2, 0.25) is 0 Å². The highest BCUT2D eigenvalue weighted by Crippen LogP contribution is 2.28. The first-order valence-electron chi connectivity index (χ1n) is 7.68. The van der Waals surface area contributed by atoms with Crippen LogP contribution in [0.5, 0.6) is 0 Å². The Hall–Kier alpha value is -2.60. The molecule has 2 N–H and O–H groups in total. The van der Waals surface area contributed by atoms with Crippen LogP contribution in [0, 0.1) is 10.1 Å². The Morgan fingerprint density at radius 3 is 2.48 bits per heavy atom. The van der Waals surface area contributed by atoms with E-state index < -0.39 is 0 Å². The van der Waals surface area contributed by atoms with Gasteiger partial charge in [-0.15, -0.1) is 0 Å². The molecule has 1 fully saturated rings. The maximum atomic E-state index is 11.2. The number of nitrogen functional groups attached to an aromatic ring is 1. The Morgan fingerprint density at radius 2 is 1.78 bits per heavy atom. The Bertz CT molecular complexity index is 696. The average Bonchev–Trinajstić information content (AvgIpc) is 2.55. The zero-order valence-electron chi connectivity index (χ0n) is 12.9. The second-order valence-electron chi connectivity index (χ2n) is 5.75. The van der Waals surface area contributed by atoms with Crippen LogP contribution in [0.15, 0.2) is 48.5 Å². The number of hydrogen-bond acceptors (Lipinski definition) is 5. The van der Waals surface area contributed by atoms with Gasteiger partial charge in [0.05, 0.1) is 4.92 Å². The van der Waals surface area contributed by atoms with Gasteiger partial charge in [0.15, 0.2) is 0 Å². The molecule has 0 aliphatic carbocycles. The number of nitro groups is 1. The van der Waals surface area contributed by atoms with Crippen molar-refractivity contribution in [2.75, 3.05) is 36.8 Å². The second-order valence-corrected chi connectivity index (χ2v) is 5.75. The van der Waals surface area contributed by atoms with E-state index in [4.69, 9.17) is 5.73 Å². The predicted molar refractivity (Wildman–Crippen MR) is 91.4 cm³/mol. The molecule has 120 valence electrons. The number of rotatable bonds is 4. The zero-order chi connectivity index (χ0) is 16.2. The number of nitrogens with zero attached hydrogens (tertiary/aromatic N) is 3. The molecule has 0 radical (unpaired) electrons. The molecule has 3 rings (SSSR count). The van der Waals surface area contributed by atoms with E-state index >= 15 is 0 Å². The maximum absolute atomic E-state index is 11.2. The van der Waals surface area contributed by atoms with Crippen LogP contribution < -0.4 is 10.6 Å². The number of piperazine rings is 1. The van der Waals surface area contributed by atoms with Crippen LogP contribution in [-0.4, -0.2) is 36.0 Å². The van der Waals surface area contributed by atoms with Gasteiger partial charge in [0.1, 0.15) is 5.69 Å². The standard InChI is InChI=1S/C17H20N4O2/c18-15-5-3-4-14(12-15)13-19-8-10-20(11-9-19)16-6-1-2-7-17(16)21(22)23/h1-7,12H,8-11,13,18H2. The molecule has 1 aliphatic rings. The summed E-state index contributed by atoms with van der Waals surface area (Å²) < 4.78 is 0. The van der Waals surface area contributed by atoms with Crippen molar-refractivity contribution in [2.24, 2.45) is 0 Å². The second kappa shape index (κ2) is 6.66. The van der Waals surface area contributed by atoms with Gasteiger partial charge in [-0.1, -0.05) is 24.3 Å². The average molecular weight is 312 g/mol. The molecular weight excluding hydrogens is 292 g/mol. The van der Waals surface area contributed by atoms with Gasteiger partial charge < -0.3 is 10.6 Å². The summed E-state index contributed by atoms with van der Waals surface area (Å²) in [7, 11) is 0. The summed E-state index contributed by atoms with van der Waals surface area (Å²) in [5.41, 5.74) is 8.68. The molecule has 0 unspecified atom stereocenters. The van der Waals surface area contributed by atoms with E-state index in [1.807, 2.05) is 30.3 Å². The minimum Gasteiger partial charge on any atom is -0.399 e. The summed E-state index contributed by atoms with van der Waals surface area (Å²) in [4.78, 5) is 15.3. The van der Waals surface area contributed by atoms with Crippen molar-refractivity contribution >= 4 is 17.1 Å². The maximum Gasteiger partial charge on any atom is 0.292 e. The molecule has 1 heterocycles. The summed E-state index contributed by atoms with van der Waals surface area (Å²) in [5.74, 6) is 0. The quantitative estimate of drug-likeness (QED) is 0.533. The first kappa shape index (κ1) is 15.3. The normalized spacial score (nSPS) is 15.6. The Morgan fingerprint density at radius 1 is 1.04 bits per heavy atom. The lowest BCUT2D eigenvalue weighted by Gasteiger charge is -2.35. The lowest BCUT2D eigenvalue weighted by atomic mass is 10.1. The van der Waals surface area contributed by atoms with E-state index in [9.17, 15) is 10.1 Å². The topological polar surface area (TPSA) is 75.6 Å². The summed E-state index contributed by atoms with van der Waals surface area (Å²) in [6.45, 7) is 4.18. The molecule has 1 aliphatic heterocycles. The van der Waals surface area contributed by atoms with E-state index in [-0.39, 0.29) is 10.6 Å². The third kappa shape index (κ3) is 3.60. The van der Waals surface area contributed by atoms with E-state index in [1.165, 1.54) is 5.56 Å². The van der Waals surface area contributed by atoms with Crippen molar-refractivity contribution in [2.45, 2.75) is 6.54 Å². The van der Waals surface area contributed by atoms with Crippen LogP contribution in [0.4, 0.5) is 17.1 Å². The van der Waals surface area contributed by atoms with Gasteiger partial charge in [-0.25, -0.2) is 0 Å². The van der Waals surface area contributed by atoms with Gasteiger partial charge in [-0.2, -0.15) is 0 Å². The van der Waals surface area contributed by atoms with Crippen molar-refractivity contribution in [3.63, 3.8) is 0 Å². The van der Waals surface area contributed by atoms with Crippen molar-refractivity contribution in [3.8, 4) is 0 Å². The molecule has 23 heavy (non-hydrogen) atoms. The van der Waals surface area contributed by atoms with Crippen LogP contribution in [-0.2, 0) is 6.54 Å². The number of benzene rings is 2. The number of hydrogen-bond donors (Lipinski definition) is 1. The first-order chi connectivity index (χ1) is 11.1. The van der Waals surface area contributed by atoms with Gasteiger partial charge in [-0.05, 0) is 23.8 Å². The molecule has 6 nitrogen and oxygen atoms in total. The number of nitrogens with two attached hydrogens (primary N) is 1. The van der Waals surface area contributed by atoms with Crippen molar-refractivity contribution in [1.82, 2.24) is 4.90 Å². The molecule has 0 spiro atoms. The van der Waals surface area contributed by atoms with Gasteiger partial charge in [0, 0.05) is 44.5 Å². The molecule has 0 saturated carbocycles. The SMILES string of the molecule is Nc1cccc(CN2CCN(c3ccccc3[N+](=O)[O-])CC2)c1. The van der Waals surface area contributed by atoms with Gasteiger partial charge >= 0.3 is 0 Å². The number of nitro benzene ring substituents is 1. The monoisotopic (exact) mass is 312 g/mol. The molecule has 0 bridgehead atoms. The first-order valence-corrected chi connectivity index (χ1v) is 7.68. The van der Waals surface area contributed by atoms with Crippen molar-refractivity contribution in [1.29, 1.82) is 0 Å². The fourth-order valence-electron chi connectivity index (χ4n) is 2.98. The summed E-state index contributed by atoms with van der Waals surface area (Å²) >= 11 is 0. The fraction of sp³-hybridized carbons (Fsp3) is 0.294. The Balaban J connectivity index is 1.64. The van der Waals surface area contributed by atoms with E-state index in [0.717, 1.165) is 38.4 Å². The lowest BCUT2D eigenvalue weighted by molar-refractivity contribution is -0.384. The molecular formula is C17H20N4O2. The lowest BCUT2D eigenvalue weighted by Crippen LogP contribution is -2.46. The molecule has 0 amide bonds. The van der Waals surface area contributed by atoms with Crippen molar-refractivity contribution in [3.05, 3.63) is 64.2 Å². The van der Waals surface area contributed by atoms with Crippen LogP contribution in [0.25, 0.3) is 0 Å². The molecule has 2 aromatic carbocycles. The minimum atomic E-state index is -0.311.